The third-order valence-electron chi connectivity index (χ3n) is 7.96. The molecule has 0 radical (unpaired) electrons. The van der Waals surface area contributed by atoms with Gasteiger partial charge in [0.1, 0.15) is 11.6 Å². The van der Waals surface area contributed by atoms with Crippen molar-refractivity contribution in [1.29, 1.82) is 0 Å². The van der Waals surface area contributed by atoms with Gasteiger partial charge in [-0.05, 0) is 88.7 Å². The predicted molar refractivity (Wildman–Crippen MR) is 172 cm³/mol. The lowest BCUT2D eigenvalue weighted by atomic mass is 9.90. The molecule has 4 rings (SSSR count). The molecular formula is C34H45N5O4. The van der Waals surface area contributed by atoms with E-state index >= 15 is 0 Å². The molecule has 9 nitrogen and oxygen atoms in total. The number of carbonyl (C=O) groups excluding carboxylic acids is 3. The number of hydrogen-bond donors (Lipinski definition) is 3. The van der Waals surface area contributed by atoms with Gasteiger partial charge in [-0.1, -0.05) is 43.0 Å². The minimum atomic E-state index is -0.507. The molecule has 9 heteroatoms. The summed E-state index contributed by atoms with van der Waals surface area (Å²) in [5.74, 6) is -0.309. The van der Waals surface area contributed by atoms with Gasteiger partial charge in [-0.3, -0.25) is 9.59 Å². The van der Waals surface area contributed by atoms with Crippen molar-refractivity contribution in [3.05, 3.63) is 72.8 Å². The van der Waals surface area contributed by atoms with E-state index in [1.54, 1.807) is 11.9 Å². The summed E-state index contributed by atoms with van der Waals surface area (Å²) in [5, 5.41) is 11.4. The van der Waals surface area contributed by atoms with Crippen LogP contribution >= 0.6 is 0 Å². The first-order valence-corrected chi connectivity index (χ1v) is 15.0. The maximum atomic E-state index is 13.3. The minimum Gasteiger partial charge on any atom is -0.444 e. The maximum Gasteiger partial charge on any atom is 0.410 e. The average Bonchev–Trinajstić information content (AvgIpc) is 2.99. The highest BCUT2D eigenvalue weighted by Gasteiger charge is 2.28. The Morgan fingerprint density at radius 3 is 2.51 bits per heavy atom. The molecule has 1 fully saturated rings. The van der Waals surface area contributed by atoms with Crippen molar-refractivity contribution in [2.75, 3.05) is 32.5 Å². The summed E-state index contributed by atoms with van der Waals surface area (Å²) < 4.78 is 5.45. The van der Waals surface area contributed by atoms with Crippen molar-refractivity contribution in [2.24, 2.45) is 0 Å². The Labute approximate surface area is 255 Å². The number of ether oxygens (including phenoxy) is 1. The average molecular weight is 588 g/mol. The molecule has 43 heavy (non-hydrogen) atoms. The van der Waals surface area contributed by atoms with Crippen molar-refractivity contribution >= 4 is 40.1 Å². The largest absolute Gasteiger partial charge is 0.444 e. The van der Waals surface area contributed by atoms with Crippen LogP contribution in [0.25, 0.3) is 16.5 Å². The normalized spacial score (nSPS) is 20.1. The van der Waals surface area contributed by atoms with Crippen LogP contribution in [0.3, 0.4) is 0 Å². The quantitative estimate of drug-likeness (QED) is 0.355. The summed E-state index contributed by atoms with van der Waals surface area (Å²) >= 11 is 0. The highest BCUT2D eigenvalue weighted by Crippen LogP contribution is 2.28. The molecule has 1 aliphatic heterocycles. The van der Waals surface area contributed by atoms with E-state index in [4.69, 9.17) is 4.74 Å². The standard InChI is InChI=1S/C34H45N5O4/c1-7-31(40)37-29-12-8-10-23-14-15-24(22-27(23)29)28-11-9-13-30(36-28)32(41)35-25-16-18-26(19-17-25)38(5)20-21-39(6)33(42)43-34(2,3)4/h7-15,22,25-26,30,36H,1,16-21H2,2-6H3,(H,35,41)(H,37,40). The Morgan fingerprint density at radius 1 is 1.07 bits per heavy atom. The smallest absolute Gasteiger partial charge is 0.410 e. The fourth-order valence-corrected chi connectivity index (χ4v) is 5.47. The van der Waals surface area contributed by atoms with Crippen LogP contribution in [0.2, 0.25) is 0 Å². The van der Waals surface area contributed by atoms with E-state index in [2.05, 4.69) is 34.5 Å². The Hall–Kier alpha value is -4.11. The molecular weight excluding hydrogens is 542 g/mol. The highest BCUT2D eigenvalue weighted by atomic mass is 16.6. The molecule has 230 valence electrons. The van der Waals surface area contributed by atoms with Crippen LogP contribution in [-0.2, 0) is 14.3 Å². The van der Waals surface area contributed by atoms with Gasteiger partial charge in [0.25, 0.3) is 0 Å². The number of amides is 3. The number of fused-ring (bicyclic) bond motifs is 1. The van der Waals surface area contributed by atoms with Crippen LogP contribution in [0.4, 0.5) is 10.5 Å². The van der Waals surface area contributed by atoms with Gasteiger partial charge < -0.3 is 30.5 Å². The number of dihydropyridines is 1. The van der Waals surface area contributed by atoms with E-state index in [1.165, 1.54) is 6.08 Å². The summed E-state index contributed by atoms with van der Waals surface area (Å²) in [6.45, 7) is 10.5. The van der Waals surface area contributed by atoms with Crippen molar-refractivity contribution < 1.29 is 19.1 Å². The molecule has 1 atom stereocenters. The number of likely N-dealkylation sites (N-methyl/N-ethyl adjacent to an activating group) is 2. The number of allylic oxidation sites excluding steroid dienone is 2. The summed E-state index contributed by atoms with van der Waals surface area (Å²) in [6.07, 6.45) is 10.5. The van der Waals surface area contributed by atoms with Crippen LogP contribution in [-0.4, -0.2) is 78.6 Å². The number of carbonyl (C=O) groups is 3. The first kappa shape index (κ1) is 31.8. The lowest BCUT2D eigenvalue weighted by Gasteiger charge is -2.36. The number of benzene rings is 2. The zero-order valence-corrected chi connectivity index (χ0v) is 26.0. The third kappa shape index (κ3) is 8.70. The van der Waals surface area contributed by atoms with Crippen molar-refractivity contribution in [2.45, 2.75) is 70.2 Å². The van der Waals surface area contributed by atoms with Crippen LogP contribution in [0, 0.1) is 0 Å². The molecule has 0 bridgehead atoms. The molecule has 2 aliphatic rings. The van der Waals surface area contributed by atoms with Crippen LogP contribution in [0.15, 0.2) is 67.3 Å². The molecule has 0 aromatic heterocycles. The summed E-state index contributed by atoms with van der Waals surface area (Å²) in [4.78, 5) is 41.4. The number of anilines is 1. The molecule has 3 amide bonds. The third-order valence-corrected chi connectivity index (χ3v) is 7.96. The van der Waals surface area contributed by atoms with Crippen LogP contribution in [0.1, 0.15) is 52.0 Å². The number of nitrogens with one attached hydrogen (secondary N) is 3. The number of hydrogen-bond acceptors (Lipinski definition) is 6. The number of rotatable bonds is 9. The van der Waals surface area contributed by atoms with Gasteiger partial charge >= 0.3 is 6.09 Å². The lowest BCUT2D eigenvalue weighted by Crippen LogP contribution is -2.49. The van der Waals surface area contributed by atoms with Crippen LogP contribution < -0.4 is 16.0 Å². The van der Waals surface area contributed by atoms with Gasteiger partial charge in [0.05, 0.1) is 0 Å². The van der Waals surface area contributed by atoms with Gasteiger partial charge in [0.2, 0.25) is 11.8 Å². The first-order chi connectivity index (χ1) is 20.4. The zero-order valence-electron chi connectivity index (χ0n) is 26.0. The second-order valence-electron chi connectivity index (χ2n) is 12.4. The molecule has 3 N–H and O–H groups in total. The van der Waals surface area contributed by atoms with E-state index in [-0.39, 0.29) is 23.9 Å². The van der Waals surface area contributed by atoms with Gasteiger partial charge in [-0.2, -0.15) is 0 Å². The Bertz CT molecular complexity index is 1400. The second-order valence-corrected chi connectivity index (χ2v) is 12.4. The van der Waals surface area contributed by atoms with Crippen molar-refractivity contribution in [1.82, 2.24) is 20.4 Å². The molecule has 1 saturated carbocycles. The Kier molecular flexibility index (Phi) is 10.3. The molecule has 2 aromatic carbocycles. The van der Waals surface area contributed by atoms with Gasteiger partial charge in [0.15, 0.2) is 0 Å². The van der Waals surface area contributed by atoms with Gasteiger partial charge in [-0.25, -0.2) is 4.79 Å². The fourth-order valence-electron chi connectivity index (χ4n) is 5.47. The summed E-state index contributed by atoms with van der Waals surface area (Å²) in [6, 6.07) is 11.9. The Balaban J connectivity index is 1.27. The maximum absolute atomic E-state index is 13.3. The summed E-state index contributed by atoms with van der Waals surface area (Å²) in [5.41, 5.74) is 1.97. The summed E-state index contributed by atoms with van der Waals surface area (Å²) in [7, 11) is 3.86. The molecule has 0 saturated heterocycles. The molecule has 2 aromatic rings. The van der Waals surface area contributed by atoms with Crippen molar-refractivity contribution in [3.63, 3.8) is 0 Å². The second kappa shape index (κ2) is 13.9. The van der Waals surface area contributed by atoms with Crippen molar-refractivity contribution in [3.8, 4) is 0 Å². The molecule has 1 aliphatic carbocycles. The predicted octanol–water partition coefficient (Wildman–Crippen LogP) is 5.06. The van der Waals surface area contributed by atoms with Gasteiger partial charge in [-0.15, -0.1) is 0 Å². The minimum absolute atomic E-state index is 0.0441. The highest BCUT2D eigenvalue weighted by molar-refractivity contribution is 6.06. The molecule has 1 heterocycles. The zero-order chi connectivity index (χ0) is 31.1. The monoisotopic (exact) mass is 587 g/mol. The van der Waals surface area contributed by atoms with Crippen LogP contribution in [0.5, 0.6) is 0 Å². The molecule has 1 unspecified atom stereocenters. The van der Waals surface area contributed by atoms with Gasteiger partial charge in [0, 0.05) is 49.0 Å². The fraction of sp³-hybridized carbons (Fsp3) is 0.441. The van der Waals surface area contributed by atoms with E-state index in [0.717, 1.165) is 54.3 Å². The van der Waals surface area contributed by atoms with E-state index in [0.29, 0.717) is 18.3 Å². The van der Waals surface area contributed by atoms with E-state index in [9.17, 15) is 14.4 Å². The number of nitrogens with zero attached hydrogens (tertiary/aromatic N) is 2. The first-order valence-electron chi connectivity index (χ1n) is 15.0. The topological polar surface area (TPSA) is 103 Å². The lowest BCUT2D eigenvalue weighted by molar-refractivity contribution is -0.122. The Morgan fingerprint density at radius 2 is 1.81 bits per heavy atom. The van der Waals surface area contributed by atoms with E-state index < -0.39 is 11.6 Å². The molecule has 0 spiro atoms. The van der Waals surface area contributed by atoms with E-state index in [1.807, 2.05) is 75.4 Å². The SMILES string of the molecule is C=CC(=O)Nc1cccc2ccc(C3=CC=CC(C(=O)NC4CCC(N(C)CCN(C)C(=O)OC(C)(C)C)CC4)N3)cc12.